The standard InChI is InChI=1S/C15H21N3O3.C11H15F3N2O2.C6H4F2/c1-9(19)17-11-7-12(10-5-6-10)13(16-8-11)18-14(20)21-15(2,3)4;1-8-6-15(7-17)4-5-16(8)9(18)10(2-3-10)11(12,13)14;7-5-3-1-2-4-6(5)8/h7-8,10H,5-6H2,1-4H3,(H,17,19)(H,16,18,20);7-8H,2-6H2,1H3;1-4H. The number of halogens is 5. The van der Waals surface area contributed by atoms with E-state index in [2.05, 4.69) is 15.6 Å². The summed E-state index contributed by atoms with van der Waals surface area (Å²) in [5.41, 5.74) is -1.13. The molecule has 0 radical (unpaired) electrons. The summed E-state index contributed by atoms with van der Waals surface area (Å²) in [6.45, 7) is 9.31. The van der Waals surface area contributed by atoms with Crippen LogP contribution in [0.2, 0.25) is 0 Å². The zero-order valence-corrected chi connectivity index (χ0v) is 26.9. The summed E-state index contributed by atoms with van der Waals surface area (Å²) in [5.74, 6) is -1.68. The van der Waals surface area contributed by atoms with Crippen molar-refractivity contribution in [1.29, 1.82) is 0 Å². The highest BCUT2D eigenvalue weighted by atomic mass is 19.4. The molecule has 1 atom stereocenters. The van der Waals surface area contributed by atoms with E-state index in [-0.39, 0.29) is 31.3 Å². The molecule has 0 spiro atoms. The lowest BCUT2D eigenvalue weighted by Gasteiger charge is -2.40. The molecule has 1 saturated heterocycles. The first-order valence-electron chi connectivity index (χ1n) is 15.1. The van der Waals surface area contributed by atoms with E-state index < -0.39 is 40.8 Å². The van der Waals surface area contributed by atoms with E-state index in [9.17, 15) is 41.1 Å². The maximum Gasteiger partial charge on any atom is 0.413 e. The minimum atomic E-state index is -4.47. The molecule has 1 aliphatic heterocycles. The molecular formula is C32H40F5N5O5. The molecule has 2 saturated carbocycles. The number of ether oxygens (including phenoxy) is 1. The molecule has 5 rings (SSSR count). The smallest absolute Gasteiger partial charge is 0.413 e. The number of rotatable bonds is 5. The van der Waals surface area contributed by atoms with Gasteiger partial charge < -0.3 is 19.9 Å². The van der Waals surface area contributed by atoms with Gasteiger partial charge in [-0.2, -0.15) is 13.2 Å². The Balaban J connectivity index is 0.000000209. The summed E-state index contributed by atoms with van der Waals surface area (Å²) in [5, 5.41) is 5.39. The van der Waals surface area contributed by atoms with Gasteiger partial charge in [0.15, 0.2) is 11.6 Å². The van der Waals surface area contributed by atoms with Gasteiger partial charge in [-0.05, 0) is 77.5 Å². The molecule has 2 heterocycles. The van der Waals surface area contributed by atoms with Crippen LogP contribution in [-0.4, -0.2) is 76.6 Å². The lowest BCUT2D eigenvalue weighted by Crippen LogP contribution is -2.57. The summed E-state index contributed by atoms with van der Waals surface area (Å²) in [4.78, 5) is 52.5. The molecule has 1 aromatic heterocycles. The van der Waals surface area contributed by atoms with E-state index in [0.717, 1.165) is 30.5 Å². The van der Waals surface area contributed by atoms with Gasteiger partial charge in [-0.1, -0.05) is 12.1 Å². The molecule has 2 aliphatic carbocycles. The Labute approximate surface area is 270 Å². The van der Waals surface area contributed by atoms with Gasteiger partial charge in [-0.15, -0.1) is 0 Å². The molecule has 1 unspecified atom stereocenters. The molecule has 3 fully saturated rings. The number of amides is 4. The average molecular weight is 670 g/mol. The van der Waals surface area contributed by atoms with Crippen molar-refractivity contribution in [1.82, 2.24) is 14.8 Å². The molecular weight excluding hydrogens is 629 g/mol. The molecule has 2 N–H and O–H groups in total. The summed E-state index contributed by atoms with van der Waals surface area (Å²) in [6, 6.07) is 6.54. The Bertz CT molecular complexity index is 1420. The number of carbonyl (C=O) groups excluding carboxylic acids is 4. The Hall–Kier alpha value is -4.30. The first-order valence-corrected chi connectivity index (χ1v) is 15.1. The summed E-state index contributed by atoms with van der Waals surface area (Å²) in [7, 11) is 0. The van der Waals surface area contributed by atoms with Crippen LogP contribution in [0.4, 0.5) is 38.3 Å². The number of aromatic nitrogens is 1. The van der Waals surface area contributed by atoms with Gasteiger partial charge in [0, 0.05) is 38.2 Å². The summed E-state index contributed by atoms with van der Waals surface area (Å²) < 4.78 is 67.7. The van der Waals surface area contributed by atoms with Crippen molar-refractivity contribution in [3.8, 4) is 0 Å². The van der Waals surface area contributed by atoms with Crippen molar-refractivity contribution in [3.05, 3.63) is 53.7 Å². The number of nitrogens with one attached hydrogen (secondary N) is 2. The molecule has 0 bridgehead atoms. The quantitative estimate of drug-likeness (QED) is 0.287. The molecule has 2 aromatic rings. The largest absolute Gasteiger partial charge is 0.444 e. The lowest BCUT2D eigenvalue weighted by molar-refractivity contribution is -0.200. The number of pyridine rings is 1. The zero-order valence-electron chi connectivity index (χ0n) is 26.9. The zero-order chi connectivity index (χ0) is 35.2. The maximum absolute atomic E-state index is 12.9. The Morgan fingerprint density at radius 2 is 1.62 bits per heavy atom. The van der Waals surface area contributed by atoms with E-state index in [1.807, 2.05) is 26.8 Å². The van der Waals surface area contributed by atoms with Gasteiger partial charge >= 0.3 is 12.3 Å². The highest BCUT2D eigenvalue weighted by Crippen LogP contribution is 2.58. The van der Waals surface area contributed by atoms with Crippen LogP contribution < -0.4 is 10.6 Å². The molecule has 258 valence electrons. The Kier molecular flexibility index (Phi) is 11.9. The van der Waals surface area contributed by atoms with Crippen molar-refractivity contribution < 1.29 is 45.9 Å². The number of carbonyl (C=O) groups is 4. The molecule has 10 nitrogen and oxygen atoms in total. The van der Waals surface area contributed by atoms with Gasteiger partial charge in [-0.3, -0.25) is 19.7 Å². The van der Waals surface area contributed by atoms with E-state index in [4.69, 9.17) is 4.74 Å². The average Bonchev–Trinajstić information content (AvgIpc) is 3.88. The van der Waals surface area contributed by atoms with Gasteiger partial charge in [0.05, 0.1) is 11.9 Å². The van der Waals surface area contributed by atoms with Gasteiger partial charge in [0.2, 0.25) is 18.2 Å². The topological polar surface area (TPSA) is 121 Å². The normalized spacial score (nSPS) is 18.4. The molecule has 1 aromatic carbocycles. The molecule has 4 amide bonds. The number of benzene rings is 1. The van der Waals surface area contributed by atoms with E-state index >= 15 is 0 Å². The minimum Gasteiger partial charge on any atom is -0.444 e. The van der Waals surface area contributed by atoms with E-state index in [1.54, 1.807) is 6.92 Å². The second-order valence-electron chi connectivity index (χ2n) is 12.7. The van der Waals surface area contributed by atoms with Crippen LogP contribution >= 0.6 is 0 Å². The first kappa shape index (κ1) is 37.2. The second kappa shape index (κ2) is 15.1. The maximum atomic E-state index is 12.9. The number of alkyl halides is 3. The van der Waals surface area contributed by atoms with Crippen molar-refractivity contribution in [3.63, 3.8) is 0 Å². The van der Waals surface area contributed by atoms with Crippen LogP contribution in [0.15, 0.2) is 36.5 Å². The minimum absolute atomic E-state index is 0.115. The Morgan fingerprint density at radius 1 is 1.02 bits per heavy atom. The lowest BCUT2D eigenvalue weighted by atomic mass is 10.0. The van der Waals surface area contributed by atoms with E-state index in [1.165, 1.54) is 35.1 Å². The number of piperazine rings is 1. The predicted molar refractivity (Wildman–Crippen MR) is 163 cm³/mol. The number of hydrogen-bond acceptors (Lipinski definition) is 6. The fourth-order valence-electron chi connectivity index (χ4n) is 4.80. The highest BCUT2D eigenvalue weighted by Gasteiger charge is 2.69. The monoisotopic (exact) mass is 669 g/mol. The van der Waals surface area contributed by atoms with Crippen LogP contribution in [-0.2, 0) is 19.1 Å². The van der Waals surface area contributed by atoms with Crippen molar-refractivity contribution in [2.24, 2.45) is 5.41 Å². The summed E-state index contributed by atoms with van der Waals surface area (Å²) >= 11 is 0. The van der Waals surface area contributed by atoms with Gasteiger partial charge in [0.1, 0.15) is 16.8 Å². The SMILES string of the molecule is CC(=O)Nc1cnc(NC(=O)OC(C)(C)C)c(C2CC2)c1.CC1CN(C=O)CCN1C(=O)C1(C(F)(F)F)CC1.Fc1ccccc1F. The number of anilines is 2. The molecule has 47 heavy (non-hydrogen) atoms. The Morgan fingerprint density at radius 3 is 2.04 bits per heavy atom. The summed E-state index contributed by atoms with van der Waals surface area (Å²) in [6.07, 6.45) is -0.904. The van der Waals surface area contributed by atoms with Crippen molar-refractivity contribution >= 4 is 35.8 Å². The van der Waals surface area contributed by atoms with Crippen LogP contribution in [0, 0.1) is 17.0 Å². The molecule has 15 heteroatoms. The third-order valence-electron chi connectivity index (χ3n) is 7.47. The number of hydrogen-bond donors (Lipinski definition) is 2. The van der Waals surface area contributed by atoms with Gasteiger partial charge in [0.25, 0.3) is 0 Å². The van der Waals surface area contributed by atoms with Crippen molar-refractivity contribution in [2.45, 2.75) is 84.0 Å². The van der Waals surface area contributed by atoms with Crippen LogP contribution in [0.5, 0.6) is 0 Å². The van der Waals surface area contributed by atoms with Crippen molar-refractivity contribution in [2.75, 3.05) is 30.3 Å². The molecule has 3 aliphatic rings. The van der Waals surface area contributed by atoms with Crippen LogP contribution in [0.1, 0.15) is 71.8 Å². The van der Waals surface area contributed by atoms with Crippen LogP contribution in [0.25, 0.3) is 0 Å². The van der Waals surface area contributed by atoms with E-state index in [0.29, 0.717) is 36.9 Å². The number of nitrogens with zero attached hydrogens (tertiary/aromatic N) is 3. The highest BCUT2D eigenvalue weighted by molar-refractivity contribution is 5.90. The predicted octanol–water partition coefficient (Wildman–Crippen LogP) is 6.25. The fourth-order valence-corrected chi connectivity index (χ4v) is 4.80. The second-order valence-corrected chi connectivity index (χ2v) is 12.7. The fraction of sp³-hybridized carbons (Fsp3) is 0.531. The van der Waals surface area contributed by atoms with Gasteiger partial charge in [-0.25, -0.2) is 18.6 Å². The first-order chi connectivity index (χ1) is 21.9. The van der Waals surface area contributed by atoms with Crippen LogP contribution in [0.3, 0.4) is 0 Å². The third kappa shape index (κ3) is 10.6. The third-order valence-corrected chi connectivity index (χ3v) is 7.47.